The van der Waals surface area contributed by atoms with Gasteiger partial charge in [0.1, 0.15) is 0 Å². The molecular formula is C10H8N2O8. The fourth-order valence-electron chi connectivity index (χ4n) is 1.29. The second-order valence-corrected chi connectivity index (χ2v) is 3.49. The molecular weight excluding hydrogens is 276 g/mol. The van der Waals surface area contributed by atoms with Gasteiger partial charge >= 0.3 is 17.6 Å². The van der Waals surface area contributed by atoms with Crippen LogP contribution in [0.5, 0.6) is 11.5 Å². The molecule has 0 fully saturated rings. The molecule has 0 aromatic heterocycles. The lowest BCUT2D eigenvalue weighted by atomic mass is 10.2. The van der Waals surface area contributed by atoms with Crippen LogP contribution in [0.2, 0.25) is 0 Å². The molecule has 0 amide bonds. The fourth-order valence-corrected chi connectivity index (χ4v) is 1.29. The van der Waals surface area contributed by atoms with Gasteiger partial charge in [-0.1, -0.05) is 0 Å². The highest BCUT2D eigenvalue weighted by atomic mass is 16.6. The number of nitro benzene ring substituents is 2. The maximum atomic E-state index is 10.9. The van der Waals surface area contributed by atoms with Gasteiger partial charge in [0.05, 0.1) is 22.0 Å². The lowest BCUT2D eigenvalue weighted by Gasteiger charge is -2.08. The molecule has 10 nitrogen and oxygen atoms in total. The summed E-state index contributed by atoms with van der Waals surface area (Å²) in [6, 6.07) is 1.36. The first-order valence-corrected chi connectivity index (χ1v) is 5.06. The van der Waals surface area contributed by atoms with Gasteiger partial charge in [-0.25, -0.2) is 0 Å². The molecule has 0 aliphatic heterocycles. The number of esters is 2. The van der Waals surface area contributed by atoms with Crippen LogP contribution in [0.4, 0.5) is 11.4 Å². The Hall–Kier alpha value is -3.04. The summed E-state index contributed by atoms with van der Waals surface area (Å²) in [5.41, 5.74) is -1.53. The van der Waals surface area contributed by atoms with Crippen LogP contribution in [-0.4, -0.2) is 21.8 Å². The lowest BCUT2D eigenvalue weighted by molar-refractivity contribution is -0.394. The number of carbonyl (C=O) groups is 2. The Morgan fingerprint density at radius 2 is 1.55 bits per heavy atom. The summed E-state index contributed by atoms with van der Waals surface area (Å²) in [6.45, 7) is 1.96. The van der Waals surface area contributed by atoms with Crippen LogP contribution in [0.15, 0.2) is 12.1 Å². The summed E-state index contributed by atoms with van der Waals surface area (Å²) >= 11 is 0. The second-order valence-electron chi connectivity index (χ2n) is 3.49. The van der Waals surface area contributed by atoms with E-state index in [4.69, 9.17) is 0 Å². The molecule has 1 aromatic rings. The van der Waals surface area contributed by atoms with Crippen molar-refractivity contribution >= 4 is 23.3 Å². The minimum Gasteiger partial charge on any atom is -0.422 e. The molecule has 1 rings (SSSR count). The van der Waals surface area contributed by atoms with Gasteiger partial charge in [-0.2, -0.15) is 0 Å². The van der Waals surface area contributed by atoms with Crippen molar-refractivity contribution in [2.24, 2.45) is 0 Å². The van der Waals surface area contributed by atoms with Crippen LogP contribution >= 0.6 is 0 Å². The molecule has 0 aliphatic rings. The van der Waals surface area contributed by atoms with Gasteiger partial charge in [0, 0.05) is 13.8 Å². The summed E-state index contributed by atoms with van der Waals surface area (Å²) in [6.07, 6.45) is 0. The average molecular weight is 284 g/mol. The number of hydrogen-bond donors (Lipinski definition) is 0. The molecule has 1 aromatic carbocycles. The molecule has 0 radical (unpaired) electrons. The van der Waals surface area contributed by atoms with Crippen LogP contribution in [0.1, 0.15) is 13.8 Å². The average Bonchev–Trinajstić information content (AvgIpc) is 2.28. The van der Waals surface area contributed by atoms with E-state index in [2.05, 4.69) is 9.47 Å². The first-order chi connectivity index (χ1) is 9.22. The predicted octanol–water partition coefficient (Wildman–Crippen LogP) is 1.35. The normalized spacial score (nSPS) is 9.70. The molecule has 0 atom stereocenters. The van der Waals surface area contributed by atoms with Crippen LogP contribution in [0.3, 0.4) is 0 Å². The van der Waals surface area contributed by atoms with Crippen LogP contribution in [0, 0.1) is 20.2 Å². The van der Waals surface area contributed by atoms with Crippen molar-refractivity contribution in [3.63, 3.8) is 0 Å². The van der Waals surface area contributed by atoms with E-state index in [1.54, 1.807) is 0 Å². The number of hydrogen-bond acceptors (Lipinski definition) is 8. The molecule has 0 saturated carbocycles. The van der Waals surface area contributed by atoms with Crippen LogP contribution in [0.25, 0.3) is 0 Å². The van der Waals surface area contributed by atoms with Crippen molar-refractivity contribution in [2.45, 2.75) is 13.8 Å². The number of carbonyl (C=O) groups excluding carboxylic acids is 2. The monoisotopic (exact) mass is 284 g/mol. The molecule has 0 aliphatic carbocycles. The zero-order valence-corrected chi connectivity index (χ0v) is 10.3. The van der Waals surface area contributed by atoms with E-state index in [-0.39, 0.29) is 0 Å². The molecule has 0 heterocycles. The zero-order chi connectivity index (χ0) is 15.4. The smallest absolute Gasteiger partial charge is 0.322 e. The molecule has 20 heavy (non-hydrogen) atoms. The van der Waals surface area contributed by atoms with Crippen molar-refractivity contribution in [1.29, 1.82) is 0 Å². The summed E-state index contributed by atoms with van der Waals surface area (Å²) in [4.78, 5) is 41.5. The van der Waals surface area contributed by atoms with Crippen molar-refractivity contribution < 1.29 is 28.9 Å². The van der Waals surface area contributed by atoms with E-state index in [0.717, 1.165) is 19.9 Å². The van der Waals surface area contributed by atoms with Gasteiger partial charge in [-0.15, -0.1) is 0 Å². The van der Waals surface area contributed by atoms with E-state index in [0.29, 0.717) is 6.07 Å². The van der Waals surface area contributed by atoms with E-state index >= 15 is 0 Å². The van der Waals surface area contributed by atoms with Gasteiger partial charge in [-0.05, 0) is 0 Å². The number of nitro groups is 2. The van der Waals surface area contributed by atoms with E-state index in [1.165, 1.54) is 0 Å². The number of benzene rings is 1. The van der Waals surface area contributed by atoms with Crippen LogP contribution in [-0.2, 0) is 9.59 Å². The van der Waals surface area contributed by atoms with Gasteiger partial charge in [0.25, 0.3) is 11.4 Å². The minimum atomic E-state index is -0.988. The fraction of sp³-hybridized carbons (Fsp3) is 0.200. The number of rotatable bonds is 4. The van der Waals surface area contributed by atoms with Gasteiger partial charge in [0.2, 0.25) is 0 Å². The first kappa shape index (κ1) is 15.0. The SMILES string of the molecule is CC(=O)Oc1cc([N+](=O)[O-])cc([N+](=O)[O-])c1OC(C)=O. The van der Waals surface area contributed by atoms with Crippen molar-refractivity contribution in [2.75, 3.05) is 0 Å². The molecule has 0 N–H and O–H groups in total. The largest absolute Gasteiger partial charge is 0.422 e. The van der Waals surface area contributed by atoms with Gasteiger partial charge < -0.3 is 9.47 Å². The van der Waals surface area contributed by atoms with Gasteiger partial charge in [-0.3, -0.25) is 29.8 Å². The summed E-state index contributed by atoms with van der Waals surface area (Å²) in [7, 11) is 0. The van der Waals surface area contributed by atoms with Gasteiger partial charge in [0.15, 0.2) is 5.75 Å². The second kappa shape index (κ2) is 5.73. The van der Waals surface area contributed by atoms with Crippen molar-refractivity contribution in [3.05, 3.63) is 32.4 Å². The topological polar surface area (TPSA) is 139 Å². The lowest BCUT2D eigenvalue weighted by Crippen LogP contribution is -2.09. The molecule has 10 heteroatoms. The number of ether oxygens (including phenoxy) is 2. The molecule has 0 unspecified atom stereocenters. The highest BCUT2D eigenvalue weighted by molar-refractivity contribution is 5.77. The third kappa shape index (κ3) is 3.48. The molecule has 106 valence electrons. The third-order valence-electron chi connectivity index (χ3n) is 1.93. The third-order valence-corrected chi connectivity index (χ3v) is 1.93. The van der Waals surface area contributed by atoms with Crippen molar-refractivity contribution in [1.82, 2.24) is 0 Å². The van der Waals surface area contributed by atoms with Crippen molar-refractivity contribution in [3.8, 4) is 11.5 Å². The summed E-state index contributed by atoms with van der Waals surface area (Å²) in [5, 5.41) is 21.5. The standard InChI is InChI=1S/C10H8N2O8/c1-5(13)19-9-4-7(11(15)16)3-8(12(17)18)10(9)20-6(2)14/h3-4H,1-2H3. The molecule has 0 bridgehead atoms. The predicted molar refractivity (Wildman–Crippen MR) is 62.4 cm³/mol. The Labute approximate surface area is 111 Å². The molecule has 0 saturated heterocycles. The van der Waals surface area contributed by atoms with E-state index in [9.17, 15) is 29.8 Å². The van der Waals surface area contributed by atoms with E-state index < -0.39 is 44.7 Å². The summed E-state index contributed by atoms with van der Waals surface area (Å²) < 4.78 is 9.20. The zero-order valence-electron chi connectivity index (χ0n) is 10.3. The Balaban J connectivity index is 3.56. The number of nitrogens with zero attached hydrogens (tertiary/aromatic N) is 2. The Bertz CT molecular complexity index is 610. The maximum Gasteiger partial charge on any atom is 0.322 e. The summed E-state index contributed by atoms with van der Waals surface area (Å²) in [5.74, 6) is -3.03. The van der Waals surface area contributed by atoms with Crippen LogP contribution < -0.4 is 9.47 Å². The maximum absolute atomic E-state index is 10.9. The number of non-ortho nitro benzene ring substituents is 1. The first-order valence-electron chi connectivity index (χ1n) is 5.06. The Morgan fingerprint density at radius 1 is 1.00 bits per heavy atom. The Kier molecular flexibility index (Phi) is 4.31. The minimum absolute atomic E-state index is 0.575. The van der Waals surface area contributed by atoms with E-state index in [1.807, 2.05) is 0 Å². The highest BCUT2D eigenvalue weighted by Gasteiger charge is 2.28. The highest BCUT2D eigenvalue weighted by Crippen LogP contribution is 2.41. The molecule has 0 spiro atoms. The Morgan fingerprint density at radius 3 is 1.95 bits per heavy atom. The quantitative estimate of drug-likeness (QED) is 0.349.